The first-order valence-electron chi connectivity index (χ1n) is 6.00. The molecule has 1 aliphatic rings. The summed E-state index contributed by atoms with van der Waals surface area (Å²) in [4.78, 5) is 21.9. The molecule has 0 aliphatic carbocycles. The second-order valence-electron chi connectivity index (χ2n) is 4.48. The van der Waals surface area contributed by atoms with E-state index < -0.39 is 26.7 Å². The molecule has 0 aromatic heterocycles. The molecule has 0 radical (unpaired) electrons. The maximum Gasteiger partial charge on any atom is 0.293 e. The van der Waals surface area contributed by atoms with E-state index in [1.807, 2.05) is 0 Å². The monoisotopic (exact) mass is 311 g/mol. The van der Waals surface area contributed by atoms with Gasteiger partial charge in [-0.2, -0.15) is 0 Å². The average molecular weight is 311 g/mol. The molecule has 1 heterocycles. The number of rotatable bonds is 4. The Morgan fingerprint density at radius 3 is 2.67 bits per heavy atom. The fourth-order valence-electron chi connectivity index (χ4n) is 1.96. The van der Waals surface area contributed by atoms with Crippen LogP contribution in [0.4, 0.5) is 11.4 Å². The van der Waals surface area contributed by atoms with Gasteiger partial charge in [-0.05, 0) is 12.1 Å². The molecule has 112 valence electrons. The van der Waals surface area contributed by atoms with Crippen molar-refractivity contribution in [2.24, 2.45) is 0 Å². The highest BCUT2D eigenvalue weighted by Gasteiger charge is 2.24. The Bertz CT molecular complexity index is 726. The van der Waals surface area contributed by atoms with E-state index in [1.54, 1.807) is 0 Å². The zero-order valence-electron chi connectivity index (χ0n) is 11.1. The summed E-state index contributed by atoms with van der Waals surface area (Å²) in [7, 11) is -1.83. The molecule has 1 aromatic rings. The summed E-state index contributed by atoms with van der Waals surface area (Å²) in [5.74, 6) is -0.588. The number of nitrogens with one attached hydrogen (secondary N) is 2. The number of anilines is 1. The third-order valence-electron chi connectivity index (χ3n) is 2.95. The summed E-state index contributed by atoms with van der Waals surface area (Å²) in [6, 6.07) is 3.44. The number of nitro benzene ring substituents is 1. The van der Waals surface area contributed by atoms with E-state index in [-0.39, 0.29) is 22.7 Å². The van der Waals surface area contributed by atoms with Crippen molar-refractivity contribution in [3.05, 3.63) is 45.4 Å². The second kappa shape index (κ2) is 5.52. The molecule has 0 fully saturated rings. The van der Waals surface area contributed by atoms with Gasteiger partial charge in [-0.15, -0.1) is 0 Å². The van der Waals surface area contributed by atoms with Crippen LogP contribution < -0.4 is 10.6 Å². The van der Waals surface area contributed by atoms with Crippen LogP contribution in [-0.4, -0.2) is 38.1 Å². The van der Waals surface area contributed by atoms with Gasteiger partial charge in [-0.1, -0.05) is 6.08 Å². The molecule has 1 amide bonds. The van der Waals surface area contributed by atoms with Crippen LogP contribution in [-0.2, 0) is 9.84 Å². The maximum absolute atomic E-state index is 11.5. The minimum absolute atomic E-state index is 0.151. The van der Waals surface area contributed by atoms with Crippen LogP contribution in [0.3, 0.4) is 0 Å². The molecule has 2 N–H and O–H groups in total. The average Bonchev–Trinajstić information content (AvgIpc) is 2.77. The van der Waals surface area contributed by atoms with Gasteiger partial charge in [0.2, 0.25) is 0 Å². The molecule has 21 heavy (non-hydrogen) atoms. The van der Waals surface area contributed by atoms with E-state index in [9.17, 15) is 23.3 Å². The topological polar surface area (TPSA) is 118 Å². The maximum atomic E-state index is 11.5. The first-order valence-corrected chi connectivity index (χ1v) is 7.72. The summed E-state index contributed by atoms with van der Waals surface area (Å²) in [5.41, 5.74) is 0.0394. The van der Waals surface area contributed by atoms with Crippen LogP contribution in [0.25, 0.3) is 0 Å². The summed E-state index contributed by atoms with van der Waals surface area (Å²) < 4.78 is 22.6. The van der Waals surface area contributed by atoms with E-state index >= 15 is 0 Å². The Kier molecular flexibility index (Phi) is 3.94. The number of carbonyl (C=O) groups excluding carboxylic acids is 1. The highest BCUT2D eigenvalue weighted by Crippen LogP contribution is 2.27. The zero-order valence-corrected chi connectivity index (χ0v) is 11.9. The van der Waals surface area contributed by atoms with E-state index in [0.717, 1.165) is 11.5 Å². The quantitative estimate of drug-likeness (QED) is 0.623. The minimum atomic E-state index is -3.25. The van der Waals surface area contributed by atoms with Crippen LogP contribution in [0.2, 0.25) is 0 Å². The summed E-state index contributed by atoms with van der Waals surface area (Å²) >= 11 is 0. The van der Waals surface area contributed by atoms with Crippen molar-refractivity contribution in [2.45, 2.75) is 6.04 Å². The summed E-state index contributed by atoms with van der Waals surface area (Å²) in [6.07, 6.45) is 1.44. The number of sulfone groups is 1. The molecular formula is C12H13N3O5S. The standard InChI is InChI=1S/C12H13N3O5S/c1-13-12(16)8-2-3-10(11(6-8)15(17)18)14-9-4-5-21(19,20)7-9/h2-6,9,14H,7H2,1H3,(H,13,16). The number of amides is 1. The predicted molar refractivity (Wildman–Crippen MR) is 76.8 cm³/mol. The Morgan fingerprint density at radius 2 is 2.14 bits per heavy atom. The van der Waals surface area contributed by atoms with Crippen molar-refractivity contribution in [1.82, 2.24) is 5.32 Å². The van der Waals surface area contributed by atoms with Crippen molar-refractivity contribution >= 4 is 27.1 Å². The Morgan fingerprint density at radius 1 is 1.43 bits per heavy atom. The molecule has 1 aliphatic heterocycles. The highest BCUT2D eigenvalue weighted by molar-refractivity contribution is 7.94. The lowest BCUT2D eigenvalue weighted by Crippen LogP contribution is -2.22. The largest absolute Gasteiger partial charge is 0.372 e. The van der Waals surface area contributed by atoms with Gasteiger partial charge in [0, 0.05) is 24.1 Å². The minimum Gasteiger partial charge on any atom is -0.372 e. The first-order chi connectivity index (χ1) is 9.82. The lowest BCUT2D eigenvalue weighted by molar-refractivity contribution is -0.384. The molecule has 0 bridgehead atoms. The number of nitro groups is 1. The van der Waals surface area contributed by atoms with Crippen LogP contribution in [0.5, 0.6) is 0 Å². The van der Waals surface area contributed by atoms with E-state index in [4.69, 9.17) is 0 Å². The molecule has 0 spiro atoms. The van der Waals surface area contributed by atoms with Gasteiger partial charge in [0.15, 0.2) is 9.84 Å². The van der Waals surface area contributed by atoms with Crippen molar-refractivity contribution in [2.75, 3.05) is 18.1 Å². The van der Waals surface area contributed by atoms with Crippen LogP contribution >= 0.6 is 0 Å². The Balaban J connectivity index is 2.30. The number of carbonyl (C=O) groups is 1. The number of benzene rings is 1. The van der Waals surface area contributed by atoms with E-state index in [1.165, 1.54) is 25.3 Å². The fourth-order valence-corrected chi connectivity index (χ4v) is 3.19. The first kappa shape index (κ1) is 15.0. The smallest absolute Gasteiger partial charge is 0.293 e. The molecule has 0 saturated carbocycles. The molecule has 8 nitrogen and oxygen atoms in total. The molecule has 1 unspecified atom stereocenters. The Labute approximate surface area is 120 Å². The molecule has 1 aromatic carbocycles. The number of nitrogens with zero attached hydrogens (tertiary/aromatic N) is 1. The van der Waals surface area contributed by atoms with Crippen molar-refractivity contribution in [1.29, 1.82) is 0 Å². The highest BCUT2D eigenvalue weighted by atomic mass is 32.2. The van der Waals surface area contributed by atoms with E-state index in [2.05, 4.69) is 10.6 Å². The normalized spacial score (nSPS) is 19.2. The zero-order chi connectivity index (χ0) is 15.6. The van der Waals surface area contributed by atoms with E-state index in [0.29, 0.717) is 0 Å². The van der Waals surface area contributed by atoms with Crippen LogP contribution in [0.15, 0.2) is 29.7 Å². The Hall–Kier alpha value is -2.42. The second-order valence-corrected chi connectivity index (χ2v) is 6.41. The number of hydrogen-bond acceptors (Lipinski definition) is 6. The van der Waals surface area contributed by atoms with Crippen LogP contribution in [0, 0.1) is 10.1 Å². The van der Waals surface area contributed by atoms with Crippen molar-refractivity contribution < 1.29 is 18.1 Å². The fraction of sp³-hybridized carbons (Fsp3) is 0.250. The van der Waals surface area contributed by atoms with Gasteiger partial charge in [-0.25, -0.2) is 8.42 Å². The van der Waals surface area contributed by atoms with Crippen molar-refractivity contribution in [3.63, 3.8) is 0 Å². The molecule has 9 heteroatoms. The summed E-state index contributed by atoms with van der Waals surface area (Å²) in [6.45, 7) is 0. The predicted octanol–water partition coefficient (Wildman–Crippen LogP) is 0.677. The third-order valence-corrected chi connectivity index (χ3v) is 4.35. The van der Waals surface area contributed by atoms with Gasteiger partial charge in [0.25, 0.3) is 11.6 Å². The molecule has 2 rings (SSSR count). The number of hydrogen-bond donors (Lipinski definition) is 2. The van der Waals surface area contributed by atoms with Crippen LogP contribution in [0.1, 0.15) is 10.4 Å². The molecule has 1 atom stereocenters. The molecular weight excluding hydrogens is 298 g/mol. The molecule has 0 saturated heterocycles. The third kappa shape index (κ3) is 3.37. The van der Waals surface area contributed by atoms with Crippen molar-refractivity contribution in [3.8, 4) is 0 Å². The van der Waals surface area contributed by atoms with Gasteiger partial charge in [0.05, 0.1) is 16.7 Å². The van der Waals surface area contributed by atoms with Gasteiger partial charge >= 0.3 is 0 Å². The van der Waals surface area contributed by atoms with Gasteiger partial charge < -0.3 is 10.6 Å². The lowest BCUT2D eigenvalue weighted by Gasteiger charge is -2.12. The SMILES string of the molecule is CNC(=O)c1ccc(NC2C=CS(=O)(=O)C2)c([N+](=O)[O-])c1. The van der Waals surface area contributed by atoms with Gasteiger partial charge in [0.1, 0.15) is 5.69 Å². The summed E-state index contributed by atoms with van der Waals surface area (Å²) in [5, 5.41) is 17.3. The lowest BCUT2D eigenvalue weighted by atomic mass is 10.1. The van der Waals surface area contributed by atoms with Gasteiger partial charge in [-0.3, -0.25) is 14.9 Å².